The van der Waals surface area contributed by atoms with Crippen LogP contribution in [-0.2, 0) is 0 Å². The number of aliphatic hydroxyl groups excluding tert-OH is 1. The predicted octanol–water partition coefficient (Wildman–Crippen LogP) is 2.00. The second-order valence-corrected chi connectivity index (χ2v) is 3.96. The predicted molar refractivity (Wildman–Crippen MR) is 66.2 cm³/mol. The third-order valence-corrected chi connectivity index (χ3v) is 2.49. The maximum Gasteiger partial charge on any atom is 0.0995 e. The highest BCUT2D eigenvalue weighted by Gasteiger charge is 2.21. The topological polar surface area (TPSA) is 70.0 Å². The molecule has 1 aromatic carbocycles. The van der Waals surface area contributed by atoms with E-state index in [2.05, 4.69) is 6.07 Å². The van der Waals surface area contributed by atoms with Crippen LogP contribution in [0.25, 0.3) is 0 Å². The minimum atomic E-state index is -0.625. The summed E-state index contributed by atoms with van der Waals surface area (Å²) >= 11 is 0. The molecule has 1 rings (SSSR count). The Balaban J connectivity index is 0.00000225. The molecule has 3 nitrogen and oxygen atoms in total. The first-order valence-electron chi connectivity index (χ1n) is 5.00. The van der Waals surface area contributed by atoms with Crippen molar-refractivity contribution in [2.45, 2.75) is 26.0 Å². The van der Waals surface area contributed by atoms with Crippen molar-refractivity contribution in [3.05, 3.63) is 35.4 Å². The number of rotatable bonds is 3. The fourth-order valence-corrected chi connectivity index (χ4v) is 1.49. The van der Waals surface area contributed by atoms with Crippen molar-refractivity contribution in [2.24, 2.45) is 11.7 Å². The molecule has 0 saturated heterocycles. The summed E-state index contributed by atoms with van der Waals surface area (Å²) in [4.78, 5) is 0. The molecule has 0 amide bonds. The molecule has 1 aromatic rings. The van der Waals surface area contributed by atoms with Crippen LogP contribution in [0.3, 0.4) is 0 Å². The Morgan fingerprint density at radius 1 is 1.31 bits per heavy atom. The van der Waals surface area contributed by atoms with E-state index in [0.717, 1.165) is 0 Å². The largest absolute Gasteiger partial charge is 0.391 e. The Kier molecular flexibility index (Phi) is 6.05. The Hall–Kier alpha value is -1.08. The number of hydrogen-bond donors (Lipinski definition) is 2. The van der Waals surface area contributed by atoms with Crippen LogP contribution in [0.5, 0.6) is 0 Å². The van der Waals surface area contributed by atoms with Crippen molar-refractivity contribution < 1.29 is 5.11 Å². The summed E-state index contributed by atoms with van der Waals surface area (Å²) in [5.74, 6) is 0.0757. The van der Waals surface area contributed by atoms with Gasteiger partial charge in [0.15, 0.2) is 0 Å². The van der Waals surface area contributed by atoms with Crippen LogP contribution in [-0.4, -0.2) is 11.2 Å². The van der Waals surface area contributed by atoms with E-state index in [4.69, 9.17) is 11.0 Å². The van der Waals surface area contributed by atoms with Gasteiger partial charge < -0.3 is 10.8 Å². The Morgan fingerprint density at radius 3 is 2.38 bits per heavy atom. The lowest BCUT2D eigenvalue weighted by molar-refractivity contribution is 0.0978. The molecule has 0 fully saturated rings. The highest BCUT2D eigenvalue weighted by molar-refractivity contribution is 5.85. The third-order valence-electron chi connectivity index (χ3n) is 2.49. The lowest BCUT2D eigenvalue weighted by Gasteiger charge is -2.23. The van der Waals surface area contributed by atoms with Gasteiger partial charge in [0, 0.05) is 0 Å². The maximum absolute atomic E-state index is 9.83. The van der Waals surface area contributed by atoms with Gasteiger partial charge in [-0.2, -0.15) is 5.26 Å². The van der Waals surface area contributed by atoms with Crippen molar-refractivity contribution in [3.63, 3.8) is 0 Å². The number of nitriles is 1. The van der Waals surface area contributed by atoms with E-state index >= 15 is 0 Å². The minimum Gasteiger partial charge on any atom is -0.391 e. The van der Waals surface area contributed by atoms with E-state index in [1.807, 2.05) is 19.9 Å². The van der Waals surface area contributed by atoms with Crippen LogP contribution >= 0.6 is 12.4 Å². The summed E-state index contributed by atoms with van der Waals surface area (Å²) in [5.41, 5.74) is 7.16. The molecule has 0 aliphatic carbocycles. The maximum atomic E-state index is 9.83. The van der Waals surface area contributed by atoms with Crippen LogP contribution in [0.15, 0.2) is 24.3 Å². The zero-order valence-electron chi connectivity index (χ0n) is 9.42. The van der Waals surface area contributed by atoms with Crippen LogP contribution in [0.1, 0.15) is 31.0 Å². The highest BCUT2D eigenvalue weighted by Crippen LogP contribution is 2.22. The van der Waals surface area contributed by atoms with Gasteiger partial charge in [0.05, 0.1) is 23.8 Å². The van der Waals surface area contributed by atoms with Crippen molar-refractivity contribution >= 4 is 12.4 Å². The van der Waals surface area contributed by atoms with E-state index < -0.39 is 12.1 Å². The van der Waals surface area contributed by atoms with Gasteiger partial charge in [-0.1, -0.05) is 32.0 Å². The quantitative estimate of drug-likeness (QED) is 0.849. The number of aliphatic hydroxyl groups is 1. The van der Waals surface area contributed by atoms with Gasteiger partial charge in [-0.25, -0.2) is 0 Å². The zero-order valence-corrected chi connectivity index (χ0v) is 10.2. The van der Waals surface area contributed by atoms with E-state index in [9.17, 15) is 5.11 Å². The van der Waals surface area contributed by atoms with Gasteiger partial charge in [0.1, 0.15) is 0 Å². The van der Waals surface area contributed by atoms with Crippen LogP contribution in [0, 0.1) is 17.2 Å². The summed E-state index contributed by atoms with van der Waals surface area (Å²) in [6.45, 7) is 3.80. The first-order valence-corrected chi connectivity index (χ1v) is 5.00. The van der Waals surface area contributed by atoms with Gasteiger partial charge in [0.25, 0.3) is 0 Å². The van der Waals surface area contributed by atoms with Gasteiger partial charge in [-0.3, -0.25) is 0 Å². The molecule has 0 bridgehead atoms. The SMILES string of the molecule is CC(C)[C@H](O)[C@H](N)c1ccccc1C#N.Cl. The molecule has 0 radical (unpaired) electrons. The normalized spacial score (nSPS) is 13.8. The minimum absolute atomic E-state index is 0. The first-order chi connectivity index (χ1) is 7.07. The smallest absolute Gasteiger partial charge is 0.0995 e. The summed E-state index contributed by atoms with van der Waals surface area (Å²) in [7, 11) is 0. The average Bonchev–Trinajstić information content (AvgIpc) is 2.26. The van der Waals surface area contributed by atoms with Crippen molar-refractivity contribution in [1.29, 1.82) is 5.26 Å². The lowest BCUT2D eigenvalue weighted by Crippen LogP contribution is -2.31. The van der Waals surface area contributed by atoms with E-state index in [0.29, 0.717) is 11.1 Å². The Morgan fingerprint density at radius 2 is 1.88 bits per heavy atom. The monoisotopic (exact) mass is 240 g/mol. The number of nitrogens with two attached hydrogens (primary N) is 1. The molecule has 0 aromatic heterocycles. The van der Waals surface area contributed by atoms with Crippen molar-refractivity contribution in [1.82, 2.24) is 0 Å². The highest BCUT2D eigenvalue weighted by atomic mass is 35.5. The van der Waals surface area contributed by atoms with Crippen LogP contribution < -0.4 is 5.73 Å². The number of hydrogen-bond acceptors (Lipinski definition) is 3. The molecule has 0 aliphatic heterocycles. The molecule has 2 atom stereocenters. The average molecular weight is 241 g/mol. The fourth-order valence-electron chi connectivity index (χ4n) is 1.49. The molecule has 0 aliphatic rings. The number of halogens is 1. The third kappa shape index (κ3) is 3.21. The standard InChI is InChI=1S/C12H16N2O.ClH/c1-8(2)12(15)11(14)10-6-4-3-5-9(10)7-13;/h3-6,8,11-12,15H,14H2,1-2H3;1H/t11-,12+;/m1./s1. The Bertz CT molecular complexity index is 374. The second kappa shape index (κ2) is 6.49. The summed E-state index contributed by atoms with van der Waals surface area (Å²) in [6, 6.07) is 8.69. The van der Waals surface area contributed by atoms with Gasteiger partial charge >= 0.3 is 0 Å². The summed E-state index contributed by atoms with van der Waals surface area (Å²) in [5, 5.41) is 18.7. The molecule has 0 saturated carbocycles. The first kappa shape index (κ1) is 14.9. The fraction of sp³-hybridized carbons (Fsp3) is 0.417. The zero-order chi connectivity index (χ0) is 11.4. The second-order valence-electron chi connectivity index (χ2n) is 3.96. The number of benzene rings is 1. The van der Waals surface area contributed by atoms with E-state index in [1.165, 1.54) is 0 Å². The summed E-state index contributed by atoms with van der Waals surface area (Å²) < 4.78 is 0. The van der Waals surface area contributed by atoms with Gasteiger partial charge in [-0.05, 0) is 17.5 Å². The van der Waals surface area contributed by atoms with Crippen molar-refractivity contribution in [2.75, 3.05) is 0 Å². The molecule has 16 heavy (non-hydrogen) atoms. The molecule has 0 heterocycles. The Labute approximate surface area is 102 Å². The van der Waals surface area contributed by atoms with Crippen molar-refractivity contribution in [3.8, 4) is 6.07 Å². The van der Waals surface area contributed by atoms with Crippen LogP contribution in [0.2, 0.25) is 0 Å². The molecule has 0 unspecified atom stereocenters. The van der Waals surface area contributed by atoms with E-state index in [-0.39, 0.29) is 18.3 Å². The lowest BCUT2D eigenvalue weighted by atomic mass is 9.92. The van der Waals surface area contributed by atoms with Crippen LogP contribution in [0.4, 0.5) is 0 Å². The molecule has 0 spiro atoms. The van der Waals surface area contributed by atoms with Gasteiger partial charge in [-0.15, -0.1) is 12.4 Å². The molecular weight excluding hydrogens is 224 g/mol. The molecular formula is C12H17ClN2O. The van der Waals surface area contributed by atoms with Gasteiger partial charge in [0.2, 0.25) is 0 Å². The molecule has 88 valence electrons. The number of nitrogens with zero attached hydrogens (tertiary/aromatic N) is 1. The molecule has 4 heteroatoms. The van der Waals surface area contributed by atoms with E-state index in [1.54, 1.807) is 18.2 Å². The molecule has 3 N–H and O–H groups in total. The summed E-state index contributed by atoms with van der Waals surface area (Å²) in [6.07, 6.45) is -0.625.